The Balaban J connectivity index is 1.91. The summed E-state index contributed by atoms with van der Waals surface area (Å²) in [5.41, 5.74) is 0.788. The lowest BCUT2D eigenvalue weighted by Gasteiger charge is -2.09. The van der Waals surface area contributed by atoms with Crippen LogP contribution >= 0.6 is 0 Å². The lowest BCUT2D eigenvalue weighted by atomic mass is 10.1. The first kappa shape index (κ1) is 27.4. The fourth-order valence-electron chi connectivity index (χ4n) is 2.85. The van der Waals surface area contributed by atoms with E-state index in [2.05, 4.69) is 15.6 Å². The van der Waals surface area contributed by atoms with E-state index in [0.29, 0.717) is 19.4 Å². The van der Waals surface area contributed by atoms with Crippen molar-refractivity contribution >= 4 is 33.7 Å². The van der Waals surface area contributed by atoms with Crippen LogP contribution in [0.15, 0.2) is 47.5 Å². The van der Waals surface area contributed by atoms with Gasteiger partial charge in [-0.05, 0) is 42.7 Å². The summed E-state index contributed by atoms with van der Waals surface area (Å²) >= 11 is 0. The summed E-state index contributed by atoms with van der Waals surface area (Å²) in [5.74, 6) is -1.94. The highest BCUT2D eigenvalue weighted by Gasteiger charge is 2.19. The molecule has 1 aromatic carbocycles. The van der Waals surface area contributed by atoms with Crippen LogP contribution in [0.2, 0.25) is 0 Å². The highest BCUT2D eigenvalue weighted by molar-refractivity contribution is 7.90. The van der Waals surface area contributed by atoms with Crippen LogP contribution in [0.3, 0.4) is 0 Å². The summed E-state index contributed by atoms with van der Waals surface area (Å²) in [6, 6.07) is 8.52. The fourth-order valence-corrected chi connectivity index (χ4v) is 3.82. The van der Waals surface area contributed by atoms with Crippen molar-refractivity contribution in [2.24, 2.45) is 0 Å². The molecule has 2 rings (SSSR count). The van der Waals surface area contributed by atoms with Crippen LogP contribution in [0.4, 0.5) is 0 Å². The van der Waals surface area contributed by atoms with Crippen molar-refractivity contribution < 1.29 is 32.3 Å². The maximum Gasteiger partial charge on any atom is 0.302 e. The normalized spacial score (nSPS) is 10.8. The standard InChI is InChI=1S/C23H28N4O7S/c1-3-4-21(29)24-12-11-17-5-8-19(9-6-17)35(32,33)27-22(30)18-7-10-20(26-15-18)23(31)25-13-14-34-16(2)28/h5-10,15H,3-4,11-14H2,1-2H3,(H,24,29)(H,25,31)(H,27,30). The first-order chi connectivity index (χ1) is 16.6. The minimum absolute atomic E-state index is 0.00806. The number of benzene rings is 1. The van der Waals surface area contributed by atoms with Crippen LogP contribution in [-0.4, -0.2) is 56.8 Å². The molecule has 0 saturated carbocycles. The van der Waals surface area contributed by atoms with E-state index in [1.54, 1.807) is 12.1 Å². The minimum atomic E-state index is -4.13. The highest BCUT2D eigenvalue weighted by Crippen LogP contribution is 2.12. The first-order valence-corrected chi connectivity index (χ1v) is 12.4. The molecule has 0 aliphatic heterocycles. The zero-order chi connectivity index (χ0) is 25.8. The monoisotopic (exact) mass is 504 g/mol. The minimum Gasteiger partial charge on any atom is -0.464 e. The number of carbonyl (C=O) groups excluding carboxylic acids is 4. The molecule has 0 aliphatic rings. The van der Waals surface area contributed by atoms with E-state index in [1.165, 1.54) is 31.2 Å². The van der Waals surface area contributed by atoms with Gasteiger partial charge in [-0.25, -0.2) is 13.1 Å². The topological polar surface area (TPSA) is 161 Å². The molecule has 0 fully saturated rings. The molecule has 2 aromatic rings. The van der Waals surface area contributed by atoms with Gasteiger partial charge in [-0.1, -0.05) is 19.1 Å². The highest BCUT2D eigenvalue weighted by atomic mass is 32.2. The maximum atomic E-state index is 12.6. The SMILES string of the molecule is CCCC(=O)NCCc1ccc(S(=O)(=O)NC(=O)c2ccc(C(=O)NCCOC(C)=O)nc2)cc1. The van der Waals surface area contributed by atoms with Crippen molar-refractivity contribution in [2.75, 3.05) is 19.7 Å². The van der Waals surface area contributed by atoms with Crippen molar-refractivity contribution in [3.8, 4) is 0 Å². The van der Waals surface area contributed by atoms with Crippen molar-refractivity contribution in [1.29, 1.82) is 0 Å². The Labute approximate surface area is 203 Å². The third-order valence-corrected chi connectivity index (χ3v) is 5.97. The molecule has 3 N–H and O–H groups in total. The molecule has 0 aliphatic carbocycles. The van der Waals surface area contributed by atoms with Gasteiger partial charge in [0.15, 0.2) is 0 Å². The van der Waals surface area contributed by atoms with E-state index in [9.17, 15) is 27.6 Å². The van der Waals surface area contributed by atoms with Gasteiger partial charge in [0.25, 0.3) is 21.8 Å². The molecule has 1 aromatic heterocycles. The van der Waals surface area contributed by atoms with Gasteiger partial charge in [-0.15, -0.1) is 0 Å². The second kappa shape index (κ2) is 13.2. The molecule has 0 bridgehead atoms. The number of sulfonamides is 1. The summed E-state index contributed by atoms with van der Waals surface area (Å²) in [4.78, 5) is 50.4. The van der Waals surface area contributed by atoms with E-state index in [1.807, 2.05) is 11.6 Å². The largest absolute Gasteiger partial charge is 0.464 e. The second-order valence-electron chi connectivity index (χ2n) is 7.46. The molecule has 0 atom stereocenters. The zero-order valence-corrected chi connectivity index (χ0v) is 20.3. The van der Waals surface area contributed by atoms with Gasteiger partial charge in [-0.3, -0.25) is 24.2 Å². The average molecular weight is 505 g/mol. The number of ether oxygens (including phenoxy) is 1. The molecule has 35 heavy (non-hydrogen) atoms. The predicted octanol–water partition coefficient (Wildman–Crippen LogP) is 0.952. The molecular formula is C23H28N4O7S. The number of amides is 3. The number of rotatable bonds is 12. The van der Waals surface area contributed by atoms with Gasteiger partial charge in [0.1, 0.15) is 12.3 Å². The lowest BCUT2D eigenvalue weighted by molar-refractivity contribution is -0.140. The fraction of sp³-hybridized carbons (Fsp3) is 0.348. The lowest BCUT2D eigenvalue weighted by Crippen LogP contribution is -2.31. The summed E-state index contributed by atoms with van der Waals surface area (Å²) in [5, 5.41) is 5.28. The number of hydrogen-bond acceptors (Lipinski definition) is 8. The van der Waals surface area contributed by atoms with Gasteiger partial charge in [0.2, 0.25) is 5.91 Å². The van der Waals surface area contributed by atoms with Crippen molar-refractivity contribution in [2.45, 2.75) is 38.0 Å². The zero-order valence-electron chi connectivity index (χ0n) is 19.5. The van der Waals surface area contributed by atoms with Crippen LogP contribution < -0.4 is 15.4 Å². The average Bonchev–Trinajstić information content (AvgIpc) is 2.82. The Hall–Kier alpha value is -3.80. The number of nitrogens with one attached hydrogen (secondary N) is 3. The van der Waals surface area contributed by atoms with Crippen molar-refractivity contribution in [3.05, 3.63) is 59.4 Å². The van der Waals surface area contributed by atoms with Gasteiger partial charge in [-0.2, -0.15) is 0 Å². The molecule has 12 heteroatoms. The van der Waals surface area contributed by atoms with E-state index >= 15 is 0 Å². The number of aromatic nitrogens is 1. The molecule has 3 amide bonds. The van der Waals surface area contributed by atoms with Gasteiger partial charge >= 0.3 is 5.97 Å². The van der Waals surface area contributed by atoms with Crippen molar-refractivity contribution in [1.82, 2.24) is 20.3 Å². The summed E-state index contributed by atoms with van der Waals surface area (Å²) in [7, 11) is -4.13. The Kier molecular flexibility index (Phi) is 10.3. The number of hydrogen-bond donors (Lipinski definition) is 3. The molecule has 0 radical (unpaired) electrons. The van der Waals surface area contributed by atoms with Crippen LogP contribution in [0, 0.1) is 0 Å². The van der Waals surface area contributed by atoms with E-state index in [4.69, 9.17) is 4.74 Å². The second-order valence-corrected chi connectivity index (χ2v) is 9.14. The van der Waals surface area contributed by atoms with Crippen LogP contribution in [0.25, 0.3) is 0 Å². The maximum absolute atomic E-state index is 12.6. The summed E-state index contributed by atoms with van der Waals surface area (Å²) in [6.45, 7) is 3.71. The predicted molar refractivity (Wildman–Crippen MR) is 126 cm³/mol. The molecular weight excluding hydrogens is 476 g/mol. The molecule has 0 saturated heterocycles. The number of esters is 1. The third kappa shape index (κ3) is 9.16. The van der Waals surface area contributed by atoms with E-state index in [-0.39, 0.29) is 35.2 Å². The number of carbonyl (C=O) groups is 4. The van der Waals surface area contributed by atoms with Crippen LogP contribution in [0.1, 0.15) is 53.1 Å². The first-order valence-electron chi connectivity index (χ1n) is 10.9. The summed E-state index contributed by atoms with van der Waals surface area (Å²) < 4.78 is 31.8. The van der Waals surface area contributed by atoms with E-state index in [0.717, 1.165) is 18.2 Å². The van der Waals surface area contributed by atoms with Gasteiger partial charge in [0.05, 0.1) is 17.0 Å². The smallest absolute Gasteiger partial charge is 0.302 e. The van der Waals surface area contributed by atoms with Crippen molar-refractivity contribution in [3.63, 3.8) is 0 Å². The Morgan fingerprint density at radius 3 is 2.26 bits per heavy atom. The third-order valence-electron chi connectivity index (χ3n) is 4.62. The molecule has 1 heterocycles. The molecule has 11 nitrogen and oxygen atoms in total. The number of nitrogens with zero attached hydrogens (tertiary/aromatic N) is 1. The Morgan fingerprint density at radius 2 is 1.66 bits per heavy atom. The quantitative estimate of drug-likeness (QED) is 0.284. The number of pyridine rings is 1. The van der Waals surface area contributed by atoms with E-state index < -0.39 is 27.8 Å². The van der Waals surface area contributed by atoms with Gasteiger partial charge < -0.3 is 15.4 Å². The van der Waals surface area contributed by atoms with Gasteiger partial charge in [0, 0.05) is 26.1 Å². The van der Waals surface area contributed by atoms with Crippen LogP contribution in [-0.2, 0) is 30.8 Å². The molecule has 0 spiro atoms. The Morgan fingerprint density at radius 1 is 0.943 bits per heavy atom. The summed E-state index contributed by atoms with van der Waals surface area (Å²) in [6.07, 6.45) is 2.85. The molecule has 188 valence electrons. The Bertz CT molecular complexity index is 1150. The molecule has 0 unspecified atom stereocenters. The van der Waals surface area contributed by atoms with Crippen LogP contribution in [0.5, 0.6) is 0 Å².